The van der Waals surface area contributed by atoms with Crippen LogP contribution in [0.25, 0.3) is 0 Å². The molecule has 0 aromatic carbocycles. The zero-order valence-electron chi connectivity index (χ0n) is 9.23. The second-order valence-corrected chi connectivity index (χ2v) is 4.58. The number of alkyl halides is 3. The maximum Gasteiger partial charge on any atom is 0.414 e. The first-order chi connectivity index (χ1) is 7.39. The summed E-state index contributed by atoms with van der Waals surface area (Å²) in [5, 5.41) is 0. The molecule has 0 amide bonds. The number of allylic oxidation sites excluding steroid dienone is 4. The molecule has 0 aromatic heterocycles. The van der Waals surface area contributed by atoms with Gasteiger partial charge in [0.15, 0.2) is 0 Å². The zero-order chi connectivity index (χ0) is 11.9. The molecule has 0 radical (unpaired) electrons. The van der Waals surface area contributed by atoms with E-state index in [1.54, 1.807) is 6.08 Å². The number of hydrogen-bond acceptors (Lipinski definition) is 0. The van der Waals surface area contributed by atoms with E-state index < -0.39 is 17.7 Å². The lowest BCUT2D eigenvalue weighted by Gasteiger charge is -2.15. The van der Waals surface area contributed by atoms with Crippen LogP contribution in [0.15, 0.2) is 23.3 Å². The molecule has 3 heteroatoms. The van der Waals surface area contributed by atoms with Crippen molar-refractivity contribution in [3.05, 3.63) is 23.3 Å². The molecule has 0 fully saturated rings. The van der Waals surface area contributed by atoms with Gasteiger partial charge in [-0.2, -0.15) is 13.2 Å². The van der Waals surface area contributed by atoms with Gasteiger partial charge in [-0.1, -0.05) is 37.8 Å². The van der Waals surface area contributed by atoms with Crippen LogP contribution in [0.3, 0.4) is 0 Å². The van der Waals surface area contributed by atoms with Crippen LogP contribution in [0.2, 0.25) is 0 Å². The van der Waals surface area contributed by atoms with Crippen LogP contribution < -0.4 is 0 Å². The topological polar surface area (TPSA) is 0 Å². The van der Waals surface area contributed by atoms with Gasteiger partial charge in [-0.25, -0.2) is 0 Å². The van der Waals surface area contributed by atoms with E-state index >= 15 is 0 Å². The van der Waals surface area contributed by atoms with E-state index in [9.17, 15) is 13.2 Å². The highest BCUT2D eigenvalue weighted by atomic mass is 19.4. The summed E-state index contributed by atoms with van der Waals surface area (Å²) in [7, 11) is 0. The van der Waals surface area contributed by atoms with E-state index in [0.29, 0.717) is 12.0 Å². The molecule has 0 saturated carbocycles. The summed E-state index contributed by atoms with van der Waals surface area (Å²) in [4.78, 5) is 0. The summed E-state index contributed by atoms with van der Waals surface area (Å²) < 4.78 is 38.5. The van der Waals surface area contributed by atoms with Gasteiger partial charge in [-0.05, 0) is 6.42 Å². The molecule has 0 heterocycles. The van der Waals surface area contributed by atoms with Gasteiger partial charge in [0.05, 0.1) is 5.57 Å². The highest BCUT2D eigenvalue weighted by Crippen LogP contribution is 2.49. The van der Waals surface area contributed by atoms with E-state index in [1.807, 2.05) is 19.9 Å². The highest BCUT2D eigenvalue weighted by Gasteiger charge is 2.47. The van der Waals surface area contributed by atoms with Crippen LogP contribution in [0.5, 0.6) is 0 Å². The lowest BCUT2D eigenvalue weighted by atomic mass is 9.96. The van der Waals surface area contributed by atoms with Gasteiger partial charge in [0, 0.05) is 23.3 Å². The third-order valence-corrected chi connectivity index (χ3v) is 2.92. The van der Waals surface area contributed by atoms with Gasteiger partial charge in [0.25, 0.3) is 0 Å². The molecule has 0 spiro atoms. The smallest absolute Gasteiger partial charge is 0.166 e. The van der Waals surface area contributed by atoms with Gasteiger partial charge >= 0.3 is 6.18 Å². The van der Waals surface area contributed by atoms with Crippen molar-refractivity contribution in [2.45, 2.75) is 26.4 Å². The molecule has 86 valence electrons. The van der Waals surface area contributed by atoms with Gasteiger partial charge in [0.1, 0.15) is 0 Å². The fourth-order valence-corrected chi connectivity index (χ4v) is 2.27. The molecule has 2 bridgehead atoms. The predicted octanol–water partition coefficient (Wildman–Crippen LogP) is 3.71. The van der Waals surface area contributed by atoms with Crippen LogP contribution in [0.1, 0.15) is 20.3 Å². The molecular formula is C13H13F3. The van der Waals surface area contributed by atoms with E-state index in [1.165, 1.54) is 0 Å². The highest BCUT2D eigenvalue weighted by molar-refractivity contribution is 5.49. The summed E-state index contributed by atoms with van der Waals surface area (Å²) >= 11 is 0. The second kappa shape index (κ2) is 3.69. The van der Waals surface area contributed by atoms with E-state index in [4.69, 9.17) is 0 Å². The molecular weight excluding hydrogens is 213 g/mol. The molecule has 2 aliphatic carbocycles. The first-order valence-electron chi connectivity index (χ1n) is 5.40. The second-order valence-electron chi connectivity index (χ2n) is 4.58. The molecule has 2 atom stereocenters. The average molecular weight is 226 g/mol. The first-order valence-corrected chi connectivity index (χ1v) is 5.40. The normalized spacial score (nSPS) is 27.6. The number of hydrogen-bond donors (Lipinski definition) is 0. The Balaban J connectivity index is 2.39. The van der Waals surface area contributed by atoms with Crippen molar-refractivity contribution in [2.24, 2.45) is 17.8 Å². The van der Waals surface area contributed by atoms with Crippen LogP contribution in [0.4, 0.5) is 13.2 Å². The lowest BCUT2D eigenvalue weighted by molar-refractivity contribution is -0.0965. The third kappa shape index (κ3) is 1.89. The van der Waals surface area contributed by atoms with Crippen LogP contribution >= 0.6 is 0 Å². The minimum Gasteiger partial charge on any atom is -0.166 e. The van der Waals surface area contributed by atoms with Gasteiger partial charge in [-0.3, -0.25) is 0 Å². The fraction of sp³-hybridized carbons (Fsp3) is 0.538. The Kier molecular flexibility index (Phi) is 2.61. The summed E-state index contributed by atoms with van der Waals surface area (Å²) in [5.74, 6) is 5.10. The molecule has 2 rings (SSSR count). The quantitative estimate of drug-likeness (QED) is 0.436. The first kappa shape index (κ1) is 11.3. The third-order valence-electron chi connectivity index (χ3n) is 2.92. The maximum atomic E-state index is 12.8. The van der Waals surface area contributed by atoms with E-state index in [-0.39, 0.29) is 11.8 Å². The average Bonchev–Trinajstić information content (AvgIpc) is 2.71. The Labute approximate surface area is 93.2 Å². The standard InChI is InChI=1S/C13H13F3/c1-8(2)3-6-11-9-4-5-10(7-9)12(11)13(14,15)16/h4-5,8-10H,7H2,1-2H3. The van der Waals surface area contributed by atoms with Gasteiger partial charge < -0.3 is 0 Å². The maximum absolute atomic E-state index is 12.8. The minimum atomic E-state index is -4.23. The Bertz CT molecular complexity index is 413. The summed E-state index contributed by atoms with van der Waals surface area (Å²) in [6.07, 6.45) is -0.166. The minimum absolute atomic E-state index is 0.102. The SMILES string of the molecule is CC(C)C#CC1=C(C(F)(F)F)C2C=CC1C2. The summed E-state index contributed by atoms with van der Waals surface area (Å²) in [6.45, 7) is 3.76. The Morgan fingerprint density at radius 2 is 1.88 bits per heavy atom. The summed E-state index contributed by atoms with van der Waals surface area (Å²) in [6, 6.07) is 0. The van der Waals surface area contributed by atoms with Crippen molar-refractivity contribution in [3.63, 3.8) is 0 Å². The molecule has 0 aliphatic heterocycles. The van der Waals surface area contributed by atoms with Crippen LogP contribution in [-0.4, -0.2) is 6.18 Å². The summed E-state index contributed by atoms with van der Waals surface area (Å²) in [5.41, 5.74) is -0.109. The fourth-order valence-electron chi connectivity index (χ4n) is 2.27. The van der Waals surface area contributed by atoms with Gasteiger partial charge in [0.2, 0.25) is 0 Å². The van der Waals surface area contributed by atoms with Crippen molar-refractivity contribution in [3.8, 4) is 11.8 Å². The van der Waals surface area contributed by atoms with Gasteiger partial charge in [-0.15, -0.1) is 0 Å². The molecule has 0 aromatic rings. The Hall–Kier alpha value is -1.17. The van der Waals surface area contributed by atoms with Crippen molar-refractivity contribution >= 4 is 0 Å². The van der Waals surface area contributed by atoms with Crippen LogP contribution in [-0.2, 0) is 0 Å². The molecule has 16 heavy (non-hydrogen) atoms. The van der Waals surface area contributed by atoms with E-state index in [0.717, 1.165) is 0 Å². The van der Waals surface area contributed by atoms with Crippen molar-refractivity contribution in [2.75, 3.05) is 0 Å². The predicted molar refractivity (Wildman–Crippen MR) is 56.4 cm³/mol. The molecule has 2 aliphatic rings. The van der Waals surface area contributed by atoms with Crippen molar-refractivity contribution in [1.29, 1.82) is 0 Å². The van der Waals surface area contributed by atoms with Crippen molar-refractivity contribution in [1.82, 2.24) is 0 Å². The number of rotatable bonds is 0. The van der Waals surface area contributed by atoms with Crippen LogP contribution in [0, 0.1) is 29.6 Å². The molecule has 2 unspecified atom stereocenters. The van der Waals surface area contributed by atoms with E-state index in [2.05, 4.69) is 11.8 Å². The lowest BCUT2D eigenvalue weighted by Crippen LogP contribution is -2.17. The largest absolute Gasteiger partial charge is 0.414 e. The van der Waals surface area contributed by atoms with Crippen molar-refractivity contribution < 1.29 is 13.2 Å². The Morgan fingerprint density at radius 3 is 2.44 bits per heavy atom. The molecule has 0 N–H and O–H groups in total. The number of halogens is 3. The number of fused-ring (bicyclic) bond motifs is 2. The molecule has 0 saturated heterocycles. The molecule has 0 nitrogen and oxygen atoms in total. The Morgan fingerprint density at radius 1 is 1.25 bits per heavy atom. The zero-order valence-corrected chi connectivity index (χ0v) is 9.23. The monoisotopic (exact) mass is 226 g/mol.